The smallest absolute Gasteiger partial charge is 0.255 e. The fourth-order valence-corrected chi connectivity index (χ4v) is 6.46. The minimum atomic E-state index is -0.508. The zero-order valence-electron chi connectivity index (χ0n) is 26.2. The lowest BCUT2D eigenvalue weighted by molar-refractivity contribution is -0.0352. The largest absolute Gasteiger partial charge is 0.490 e. The highest BCUT2D eigenvalue weighted by Crippen LogP contribution is 2.52. The van der Waals surface area contributed by atoms with Gasteiger partial charge in [0, 0.05) is 61.5 Å². The zero-order chi connectivity index (χ0) is 30.8. The van der Waals surface area contributed by atoms with E-state index in [0.29, 0.717) is 11.6 Å². The number of hydrogen-bond acceptors (Lipinski definition) is 8. The Bertz CT molecular complexity index is 1480. The van der Waals surface area contributed by atoms with Gasteiger partial charge in [0.05, 0.1) is 11.8 Å². The molecule has 234 valence electrons. The van der Waals surface area contributed by atoms with Crippen LogP contribution in [0.2, 0.25) is 0 Å². The van der Waals surface area contributed by atoms with Crippen LogP contribution in [0.15, 0.2) is 43.0 Å². The minimum Gasteiger partial charge on any atom is -0.490 e. The Hall–Kier alpha value is -3.79. The van der Waals surface area contributed by atoms with Gasteiger partial charge in [-0.1, -0.05) is 26.2 Å². The summed E-state index contributed by atoms with van der Waals surface area (Å²) in [4.78, 5) is 30.3. The minimum absolute atomic E-state index is 0.0953. The van der Waals surface area contributed by atoms with Crippen molar-refractivity contribution < 1.29 is 18.7 Å². The van der Waals surface area contributed by atoms with E-state index in [1.165, 1.54) is 49.4 Å². The summed E-state index contributed by atoms with van der Waals surface area (Å²) in [6.07, 6.45) is 12.5. The molecule has 44 heavy (non-hydrogen) atoms. The SMILES string of the molecule is CC(C)NC(=O)c1cc(F)ccc1Oc1cncnc1N1CC2(CC(Oc3ccnc4c3CN(C)CC4)C2)C1.CC1CCC1. The predicted molar refractivity (Wildman–Crippen MR) is 167 cm³/mol. The van der Waals surface area contributed by atoms with Gasteiger partial charge in [-0.2, -0.15) is 0 Å². The number of anilines is 1. The summed E-state index contributed by atoms with van der Waals surface area (Å²) in [5, 5.41) is 2.79. The Balaban J connectivity index is 0.000000625. The summed E-state index contributed by atoms with van der Waals surface area (Å²) in [6, 6.07) is 5.81. The maximum atomic E-state index is 14.0. The predicted octanol–water partition coefficient (Wildman–Crippen LogP) is 5.78. The Morgan fingerprint density at radius 2 is 1.89 bits per heavy atom. The van der Waals surface area contributed by atoms with Gasteiger partial charge in [0.2, 0.25) is 0 Å². The summed E-state index contributed by atoms with van der Waals surface area (Å²) in [7, 11) is 2.13. The summed E-state index contributed by atoms with van der Waals surface area (Å²) in [5.74, 6) is 2.46. The number of amides is 1. The molecule has 2 aliphatic heterocycles. The van der Waals surface area contributed by atoms with Gasteiger partial charge in [0.1, 0.15) is 29.7 Å². The van der Waals surface area contributed by atoms with Crippen molar-refractivity contribution in [3.8, 4) is 17.2 Å². The topological polar surface area (TPSA) is 92.7 Å². The molecule has 2 aliphatic carbocycles. The van der Waals surface area contributed by atoms with Gasteiger partial charge in [0.25, 0.3) is 5.91 Å². The third-order valence-corrected chi connectivity index (χ3v) is 9.11. The molecule has 2 saturated carbocycles. The molecule has 7 rings (SSSR count). The van der Waals surface area contributed by atoms with Crippen molar-refractivity contribution in [2.24, 2.45) is 11.3 Å². The number of rotatable bonds is 7. The molecule has 9 nitrogen and oxygen atoms in total. The summed E-state index contributed by atoms with van der Waals surface area (Å²) in [6.45, 7) is 9.57. The molecule has 3 aromatic rings. The Morgan fingerprint density at radius 3 is 2.59 bits per heavy atom. The van der Waals surface area contributed by atoms with Gasteiger partial charge in [-0.15, -0.1) is 0 Å². The lowest BCUT2D eigenvalue weighted by Gasteiger charge is -2.59. The lowest BCUT2D eigenvalue weighted by atomic mass is 9.61. The highest BCUT2D eigenvalue weighted by Gasteiger charge is 2.54. The second-order valence-corrected chi connectivity index (χ2v) is 13.3. The Labute approximate surface area is 259 Å². The van der Waals surface area contributed by atoms with E-state index in [2.05, 4.69) is 44.0 Å². The van der Waals surface area contributed by atoms with E-state index in [9.17, 15) is 9.18 Å². The number of carbonyl (C=O) groups is 1. The van der Waals surface area contributed by atoms with E-state index >= 15 is 0 Å². The molecule has 1 amide bonds. The zero-order valence-corrected chi connectivity index (χ0v) is 26.2. The first-order valence-corrected chi connectivity index (χ1v) is 15.8. The van der Waals surface area contributed by atoms with Crippen LogP contribution in [0, 0.1) is 17.2 Å². The number of halogens is 1. The number of nitrogens with one attached hydrogen (secondary N) is 1. The van der Waals surface area contributed by atoms with E-state index in [4.69, 9.17) is 9.47 Å². The molecule has 3 fully saturated rings. The highest BCUT2D eigenvalue weighted by molar-refractivity contribution is 5.97. The number of carbonyl (C=O) groups excluding carboxylic acids is 1. The monoisotopic (exact) mass is 602 g/mol. The van der Waals surface area contributed by atoms with Crippen LogP contribution in [0.3, 0.4) is 0 Å². The quantitative estimate of drug-likeness (QED) is 0.364. The normalized spacial score (nSPS) is 19.2. The molecule has 1 N–H and O–H groups in total. The summed E-state index contributed by atoms with van der Waals surface area (Å²) >= 11 is 0. The van der Waals surface area contributed by atoms with Gasteiger partial charge in [0.15, 0.2) is 11.6 Å². The van der Waals surface area contributed by atoms with Crippen molar-refractivity contribution in [1.29, 1.82) is 0 Å². The van der Waals surface area contributed by atoms with E-state index in [0.717, 1.165) is 62.8 Å². The molecule has 1 saturated heterocycles. The third kappa shape index (κ3) is 6.65. The van der Waals surface area contributed by atoms with Crippen LogP contribution in [-0.4, -0.2) is 64.6 Å². The van der Waals surface area contributed by atoms with Crippen LogP contribution >= 0.6 is 0 Å². The summed E-state index contributed by atoms with van der Waals surface area (Å²) in [5.41, 5.74) is 2.68. The molecule has 0 unspecified atom stereocenters. The van der Waals surface area contributed by atoms with Gasteiger partial charge in [-0.05, 0) is 63.9 Å². The number of aromatic nitrogens is 3. The first-order chi connectivity index (χ1) is 21.2. The van der Waals surface area contributed by atoms with Crippen molar-refractivity contribution >= 4 is 11.7 Å². The van der Waals surface area contributed by atoms with E-state index < -0.39 is 11.7 Å². The molecule has 1 spiro atoms. The van der Waals surface area contributed by atoms with Crippen LogP contribution in [0.5, 0.6) is 17.2 Å². The number of nitrogens with zero attached hydrogens (tertiary/aromatic N) is 5. The molecular formula is C34H43FN6O3. The Kier molecular flexibility index (Phi) is 8.71. The molecule has 2 aromatic heterocycles. The fourth-order valence-electron chi connectivity index (χ4n) is 6.46. The average Bonchev–Trinajstić information content (AvgIpc) is 2.94. The number of likely N-dealkylation sites (N-methyl/N-ethyl adjacent to an activating group) is 1. The van der Waals surface area contributed by atoms with Gasteiger partial charge in [-0.25, -0.2) is 14.4 Å². The number of fused-ring (bicyclic) bond motifs is 1. The van der Waals surface area contributed by atoms with E-state index in [1.54, 1.807) is 6.20 Å². The lowest BCUT2D eigenvalue weighted by Crippen LogP contribution is -2.65. The van der Waals surface area contributed by atoms with Gasteiger partial charge < -0.3 is 24.6 Å². The standard InChI is InChI=1S/C29H33FN6O3.C5H10/c1-18(2)34-28(37)21-10-19(30)4-5-24(21)39-26-13-31-17-33-27(26)36-15-29(16-36)11-20(12-29)38-25-6-8-32-23-7-9-35(3)14-22(23)25;1-5-3-2-4-5/h4-6,8,10,13,17-18,20H,7,9,11-12,14-16H2,1-3H3,(H,34,37);5H,2-4H2,1H3. The molecule has 0 bridgehead atoms. The number of pyridine rings is 1. The molecule has 0 atom stereocenters. The first kappa shape index (κ1) is 30.2. The van der Waals surface area contributed by atoms with E-state index in [1.807, 2.05) is 26.1 Å². The fraction of sp³-hybridized carbons (Fsp3) is 0.529. The molecule has 4 heterocycles. The maximum absolute atomic E-state index is 14.0. The average molecular weight is 603 g/mol. The summed E-state index contributed by atoms with van der Waals surface area (Å²) < 4.78 is 26.5. The van der Waals surface area contributed by atoms with Gasteiger partial charge in [-0.3, -0.25) is 9.78 Å². The molecule has 1 aromatic carbocycles. The second-order valence-electron chi connectivity index (χ2n) is 13.3. The maximum Gasteiger partial charge on any atom is 0.255 e. The van der Waals surface area contributed by atoms with Crippen LogP contribution in [-0.2, 0) is 13.0 Å². The van der Waals surface area contributed by atoms with E-state index in [-0.39, 0.29) is 28.9 Å². The number of hydrogen-bond donors (Lipinski definition) is 1. The van der Waals surface area contributed by atoms with Crippen LogP contribution in [0.25, 0.3) is 0 Å². The van der Waals surface area contributed by atoms with Crippen LogP contribution < -0.4 is 19.7 Å². The van der Waals surface area contributed by atoms with Crippen molar-refractivity contribution in [2.75, 3.05) is 31.6 Å². The first-order valence-electron chi connectivity index (χ1n) is 15.8. The molecule has 10 heteroatoms. The van der Waals surface area contributed by atoms with Crippen LogP contribution in [0.4, 0.5) is 10.2 Å². The second kappa shape index (κ2) is 12.7. The molecule has 0 radical (unpaired) electrons. The van der Waals surface area contributed by atoms with Crippen molar-refractivity contribution in [1.82, 2.24) is 25.2 Å². The van der Waals surface area contributed by atoms with Crippen LogP contribution in [0.1, 0.15) is 74.5 Å². The van der Waals surface area contributed by atoms with Crippen molar-refractivity contribution in [3.05, 3.63) is 65.6 Å². The highest BCUT2D eigenvalue weighted by atomic mass is 19.1. The third-order valence-electron chi connectivity index (χ3n) is 9.11. The number of benzene rings is 1. The van der Waals surface area contributed by atoms with Crippen molar-refractivity contribution in [2.45, 2.75) is 78.0 Å². The molecular weight excluding hydrogens is 559 g/mol. The number of ether oxygens (including phenoxy) is 2. The molecule has 4 aliphatic rings. The Morgan fingerprint density at radius 1 is 1.11 bits per heavy atom. The van der Waals surface area contributed by atoms with Gasteiger partial charge >= 0.3 is 0 Å². The van der Waals surface area contributed by atoms with Crippen molar-refractivity contribution in [3.63, 3.8) is 0 Å².